The third-order valence-electron chi connectivity index (χ3n) is 2.10. The zero-order valence-electron chi connectivity index (χ0n) is 11.5. The van der Waals surface area contributed by atoms with Crippen molar-refractivity contribution in [3.63, 3.8) is 0 Å². The van der Waals surface area contributed by atoms with E-state index in [1.807, 2.05) is 0 Å². The number of methoxy groups -OCH3 is 1. The van der Waals surface area contributed by atoms with Gasteiger partial charge in [-0.1, -0.05) is 0 Å². The van der Waals surface area contributed by atoms with Gasteiger partial charge in [-0.3, -0.25) is 4.79 Å². The molecule has 0 aromatic rings. The lowest BCUT2D eigenvalue weighted by molar-refractivity contribution is -0.137. The number of alkyl carbamates (subject to hydrolysis) is 1. The molecule has 1 atom stereocenters. The van der Waals surface area contributed by atoms with Crippen LogP contribution in [0, 0.1) is 0 Å². The van der Waals surface area contributed by atoms with Crippen molar-refractivity contribution in [2.24, 2.45) is 0 Å². The van der Waals surface area contributed by atoms with Crippen molar-refractivity contribution in [3.8, 4) is 0 Å². The normalized spacial score (nSPS) is 12.9. The van der Waals surface area contributed by atoms with Gasteiger partial charge in [0.25, 0.3) is 0 Å². The predicted molar refractivity (Wildman–Crippen MR) is 66.5 cm³/mol. The number of hydrogen-bond donors (Lipinski definition) is 2. The van der Waals surface area contributed by atoms with Gasteiger partial charge in [-0.05, 0) is 33.6 Å². The predicted octanol–water partition coefficient (Wildman–Crippen LogP) is 1.78. The molecule has 0 spiro atoms. The third kappa shape index (κ3) is 9.89. The Labute approximate surface area is 108 Å². The maximum Gasteiger partial charge on any atom is 0.407 e. The molecule has 2 N–H and O–H groups in total. The van der Waals surface area contributed by atoms with Crippen molar-refractivity contribution in [2.75, 3.05) is 13.7 Å². The zero-order chi connectivity index (χ0) is 14.2. The minimum absolute atomic E-state index is 0.00415. The minimum atomic E-state index is -0.886. The zero-order valence-corrected chi connectivity index (χ0v) is 11.5. The number of rotatable bonds is 7. The Morgan fingerprint density at radius 2 is 1.89 bits per heavy atom. The van der Waals surface area contributed by atoms with Crippen molar-refractivity contribution in [2.45, 2.75) is 51.7 Å². The summed E-state index contributed by atoms with van der Waals surface area (Å²) in [5.41, 5.74) is -0.567. The smallest absolute Gasteiger partial charge is 0.407 e. The van der Waals surface area contributed by atoms with Gasteiger partial charge in [0, 0.05) is 26.2 Å². The van der Waals surface area contributed by atoms with Gasteiger partial charge in [-0.25, -0.2) is 4.79 Å². The highest BCUT2D eigenvalue weighted by molar-refractivity contribution is 5.69. The van der Waals surface area contributed by atoms with Crippen LogP contribution in [0.2, 0.25) is 0 Å². The van der Waals surface area contributed by atoms with Crippen LogP contribution in [0.4, 0.5) is 4.79 Å². The van der Waals surface area contributed by atoms with Crippen molar-refractivity contribution >= 4 is 12.1 Å². The number of carboxylic acid groups (broad SMARTS) is 1. The molecule has 0 fully saturated rings. The third-order valence-corrected chi connectivity index (χ3v) is 2.10. The van der Waals surface area contributed by atoms with E-state index in [-0.39, 0.29) is 12.5 Å². The molecule has 0 saturated carbocycles. The first-order valence-electron chi connectivity index (χ1n) is 5.95. The lowest BCUT2D eigenvalue weighted by Gasteiger charge is -2.23. The molecule has 106 valence electrons. The van der Waals surface area contributed by atoms with Crippen LogP contribution in [0.25, 0.3) is 0 Å². The van der Waals surface area contributed by atoms with E-state index >= 15 is 0 Å². The highest BCUT2D eigenvalue weighted by Gasteiger charge is 2.19. The van der Waals surface area contributed by atoms with E-state index < -0.39 is 17.7 Å². The van der Waals surface area contributed by atoms with Crippen molar-refractivity contribution in [3.05, 3.63) is 0 Å². The second-order valence-corrected chi connectivity index (χ2v) is 5.06. The summed E-state index contributed by atoms with van der Waals surface area (Å²) in [6, 6.07) is -0.254. The van der Waals surface area contributed by atoms with Crippen LogP contribution in [0.3, 0.4) is 0 Å². The molecule has 0 aromatic carbocycles. The summed E-state index contributed by atoms with van der Waals surface area (Å²) in [6.45, 7) is 5.77. The summed E-state index contributed by atoms with van der Waals surface area (Å²) in [5, 5.41) is 11.3. The van der Waals surface area contributed by atoms with E-state index in [9.17, 15) is 9.59 Å². The molecule has 0 aliphatic heterocycles. The minimum Gasteiger partial charge on any atom is -0.481 e. The Balaban J connectivity index is 4.20. The molecule has 0 unspecified atom stereocenters. The summed E-state index contributed by atoms with van der Waals surface area (Å²) < 4.78 is 10.0. The lowest BCUT2D eigenvalue weighted by atomic mass is 10.1. The highest BCUT2D eigenvalue weighted by Crippen LogP contribution is 2.09. The number of carboxylic acids is 1. The van der Waals surface area contributed by atoms with E-state index in [2.05, 4.69) is 5.32 Å². The van der Waals surface area contributed by atoms with E-state index in [1.54, 1.807) is 27.9 Å². The SMILES string of the molecule is COCC[C@@H](CCC(=O)O)NC(=O)OC(C)(C)C. The van der Waals surface area contributed by atoms with Gasteiger partial charge >= 0.3 is 12.1 Å². The van der Waals surface area contributed by atoms with E-state index in [0.29, 0.717) is 19.4 Å². The van der Waals surface area contributed by atoms with Gasteiger partial charge in [0.2, 0.25) is 0 Å². The maximum absolute atomic E-state index is 11.6. The fraction of sp³-hybridized carbons (Fsp3) is 0.833. The molecule has 0 heterocycles. The molecule has 0 aromatic heterocycles. The Hall–Kier alpha value is -1.30. The molecule has 0 rings (SSSR count). The molecule has 1 amide bonds. The number of carbonyl (C=O) groups excluding carboxylic acids is 1. The molecule has 6 heteroatoms. The summed E-state index contributed by atoms with van der Waals surface area (Å²) >= 11 is 0. The molecular formula is C12H23NO5. The number of nitrogens with one attached hydrogen (secondary N) is 1. The standard InChI is InChI=1S/C12H23NO5/c1-12(2,3)18-11(16)13-9(7-8-17-4)5-6-10(14)15/h9H,5-8H2,1-4H3,(H,13,16)(H,14,15)/t9-/m1/s1. The van der Waals surface area contributed by atoms with E-state index in [0.717, 1.165) is 0 Å². The number of hydrogen-bond acceptors (Lipinski definition) is 4. The Morgan fingerprint density at radius 3 is 2.33 bits per heavy atom. The van der Waals surface area contributed by atoms with Crippen LogP contribution < -0.4 is 5.32 Å². The topological polar surface area (TPSA) is 84.9 Å². The Bertz CT molecular complexity index is 272. The fourth-order valence-electron chi connectivity index (χ4n) is 1.32. The second kappa shape index (κ2) is 7.92. The van der Waals surface area contributed by atoms with Crippen LogP contribution in [0.1, 0.15) is 40.0 Å². The first-order chi connectivity index (χ1) is 8.24. The molecule has 0 radical (unpaired) electrons. The summed E-state index contributed by atoms with van der Waals surface area (Å²) in [4.78, 5) is 22.1. The van der Waals surface area contributed by atoms with Crippen molar-refractivity contribution in [1.29, 1.82) is 0 Å². The van der Waals surface area contributed by atoms with Crippen LogP contribution in [0.15, 0.2) is 0 Å². The number of carbonyl (C=O) groups is 2. The number of aliphatic carboxylic acids is 1. The Kier molecular flexibility index (Phi) is 7.35. The second-order valence-electron chi connectivity index (χ2n) is 5.06. The number of amides is 1. The van der Waals surface area contributed by atoms with Crippen LogP contribution in [-0.4, -0.2) is 42.5 Å². The van der Waals surface area contributed by atoms with Gasteiger partial charge in [0.1, 0.15) is 5.60 Å². The van der Waals surface area contributed by atoms with Gasteiger partial charge in [0.05, 0.1) is 0 Å². The van der Waals surface area contributed by atoms with Gasteiger partial charge in [0.15, 0.2) is 0 Å². The Morgan fingerprint density at radius 1 is 1.28 bits per heavy atom. The van der Waals surface area contributed by atoms with E-state index in [1.165, 1.54) is 0 Å². The van der Waals surface area contributed by atoms with Crippen LogP contribution >= 0.6 is 0 Å². The number of ether oxygens (including phenoxy) is 2. The van der Waals surface area contributed by atoms with Crippen LogP contribution in [-0.2, 0) is 14.3 Å². The largest absolute Gasteiger partial charge is 0.481 e. The summed E-state index contributed by atoms with van der Waals surface area (Å²) in [7, 11) is 1.56. The average molecular weight is 261 g/mol. The monoisotopic (exact) mass is 261 g/mol. The maximum atomic E-state index is 11.6. The fourth-order valence-corrected chi connectivity index (χ4v) is 1.32. The van der Waals surface area contributed by atoms with Crippen LogP contribution in [0.5, 0.6) is 0 Å². The van der Waals surface area contributed by atoms with Gasteiger partial charge < -0.3 is 19.9 Å². The van der Waals surface area contributed by atoms with Crippen molar-refractivity contribution < 1.29 is 24.2 Å². The van der Waals surface area contributed by atoms with E-state index in [4.69, 9.17) is 14.6 Å². The molecule has 0 aliphatic rings. The molecule has 0 bridgehead atoms. The van der Waals surface area contributed by atoms with Crippen molar-refractivity contribution in [1.82, 2.24) is 5.32 Å². The first-order valence-corrected chi connectivity index (χ1v) is 5.95. The quantitative estimate of drug-likeness (QED) is 0.729. The summed E-state index contributed by atoms with van der Waals surface area (Å²) in [6.07, 6.45) is 0.388. The molecule has 18 heavy (non-hydrogen) atoms. The average Bonchev–Trinajstić information content (AvgIpc) is 2.19. The summed E-state index contributed by atoms with van der Waals surface area (Å²) in [5.74, 6) is -0.886. The molecule has 0 aliphatic carbocycles. The highest BCUT2D eigenvalue weighted by atomic mass is 16.6. The molecule has 6 nitrogen and oxygen atoms in total. The lowest BCUT2D eigenvalue weighted by Crippen LogP contribution is -2.40. The first kappa shape index (κ1) is 16.7. The van der Waals surface area contributed by atoms with Gasteiger partial charge in [-0.15, -0.1) is 0 Å². The molecule has 0 saturated heterocycles. The molecular weight excluding hydrogens is 238 g/mol. The van der Waals surface area contributed by atoms with Gasteiger partial charge in [-0.2, -0.15) is 0 Å².